The van der Waals surface area contributed by atoms with E-state index in [1.54, 1.807) is 0 Å². The summed E-state index contributed by atoms with van der Waals surface area (Å²) < 4.78 is 2.04. The van der Waals surface area contributed by atoms with E-state index in [9.17, 15) is 0 Å². The molecule has 1 atom stereocenters. The zero-order chi connectivity index (χ0) is 14.4. The Morgan fingerprint density at radius 3 is 2.80 bits per heavy atom. The first-order valence-electron chi connectivity index (χ1n) is 8.03. The number of aromatic nitrogens is 2. The van der Waals surface area contributed by atoms with Crippen molar-refractivity contribution in [3.63, 3.8) is 0 Å². The Labute approximate surface area is 127 Å². The van der Waals surface area contributed by atoms with Gasteiger partial charge in [0.25, 0.3) is 0 Å². The van der Waals surface area contributed by atoms with Crippen LogP contribution in [0.2, 0.25) is 0 Å². The van der Waals surface area contributed by atoms with Crippen molar-refractivity contribution in [3.05, 3.63) is 17.5 Å². The van der Waals surface area contributed by atoms with Crippen molar-refractivity contribution < 1.29 is 0 Å². The van der Waals surface area contributed by atoms with E-state index in [1.165, 1.54) is 43.6 Å². The van der Waals surface area contributed by atoms with Crippen LogP contribution in [0.25, 0.3) is 0 Å². The van der Waals surface area contributed by atoms with Gasteiger partial charge in [-0.05, 0) is 38.8 Å². The zero-order valence-electron chi connectivity index (χ0n) is 13.2. The van der Waals surface area contributed by atoms with Crippen LogP contribution in [-0.2, 0) is 13.5 Å². The molecule has 1 N–H and O–H groups in total. The second-order valence-electron chi connectivity index (χ2n) is 6.00. The summed E-state index contributed by atoms with van der Waals surface area (Å²) in [5, 5.41) is 9.09. The van der Waals surface area contributed by atoms with Crippen molar-refractivity contribution in [2.45, 2.75) is 63.7 Å². The predicted octanol–water partition coefficient (Wildman–Crippen LogP) is 3.32. The molecule has 1 fully saturated rings. The first kappa shape index (κ1) is 15.9. The van der Waals surface area contributed by atoms with Crippen LogP contribution in [0.5, 0.6) is 0 Å². The maximum absolute atomic E-state index is 4.46. The van der Waals surface area contributed by atoms with Crippen LogP contribution >= 0.6 is 11.8 Å². The molecular weight excluding hydrogens is 266 g/mol. The minimum atomic E-state index is 0.579. The third-order valence-corrected chi connectivity index (χ3v) is 5.61. The van der Waals surface area contributed by atoms with Crippen LogP contribution < -0.4 is 5.32 Å². The Hall–Kier alpha value is -0.480. The summed E-state index contributed by atoms with van der Waals surface area (Å²) in [6.45, 7) is 5.43. The number of aryl methyl sites for hydroxylation is 2. The molecule has 1 unspecified atom stereocenters. The Kier molecular flexibility index (Phi) is 6.43. The van der Waals surface area contributed by atoms with Crippen LogP contribution in [0.15, 0.2) is 6.07 Å². The van der Waals surface area contributed by atoms with Crippen LogP contribution in [0.1, 0.15) is 50.4 Å². The van der Waals surface area contributed by atoms with Crippen LogP contribution in [0.3, 0.4) is 0 Å². The Morgan fingerprint density at radius 2 is 2.20 bits per heavy atom. The Bertz CT molecular complexity index is 396. The molecule has 0 aromatic carbocycles. The largest absolute Gasteiger partial charge is 0.313 e. The second kappa shape index (κ2) is 8.08. The minimum Gasteiger partial charge on any atom is -0.313 e. The molecule has 4 heteroatoms. The molecule has 0 amide bonds. The molecule has 1 aliphatic carbocycles. The predicted molar refractivity (Wildman–Crippen MR) is 88.4 cm³/mol. The highest BCUT2D eigenvalue weighted by Crippen LogP contribution is 2.30. The van der Waals surface area contributed by atoms with Crippen LogP contribution in [0.4, 0.5) is 0 Å². The Morgan fingerprint density at radius 1 is 1.45 bits per heavy atom. The van der Waals surface area contributed by atoms with Crippen molar-refractivity contribution in [2.75, 3.05) is 12.3 Å². The SMILES string of the molecule is CCCNC(CSC1CCCC1)Cc1cc(C)nn1C. The van der Waals surface area contributed by atoms with Gasteiger partial charge in [-0.1, -0.05) is 19.8 Å². The van der Waals surface area contributed by atoms with Gasteiger partial charge < -0.3 is 5.32 Å². The lowest BCUT2D eigenvalue weighted by Crippen LogP contribution is -2.35. The van der Waals surface area contributed by atoms with Crippen molar-refractivity contribution in [3.8, 4) is 0 Å². The maximum atomic E-state index is 4.46. The molecular formula is C16H29N3S. The second-order valence-corrected chi connectivity index (χ2v) is 7.33. The number of hydrogen-bond acceptors (Lipinski definition) is 3. The van der Waals surface area contributed by atoms with E-state index in [0.717, 1.165) is 23.9 Å². The lowest BCUT2D eigenvalue weighted by Gasteiger charge is -2.20. The number of nitrogens with one attached hydrogen (secondary N) is 1. The van der Waals surface area contributed by atoms with Crippen LogP contribution in [-0.4, -0.2) is 33.4 Å². The zero-order valence-corrected chi connectivity index (χ0v) is 14.0. The minimum absolute atomic E-state index is 0.579. The Balaban J connectivity index is 1.86. The van der Waals surface area contributed by atoms with Gasteiger partial charge in [0, 0.05) is 36.2 Å². The number of nitrogens with zero attached hydrogens (tertiary/aromatic N) is 2. The molecule has 20 heavy (non-hydrogen) atoms. The van der Waals surface area contributed by atoms with Gasteiger partial charge >= 0.3 is 0 Å². The fourth-order valence-corrected chi connectivity index (χ4v) is 4.36. The molecule has 0 aliphatic heterocycles. The molecule has 1 aromatic heterocycles. The highest BCUT2D eigenvalue weighted by molar-refractivity contribution is 7.99. The average molecular weight is 295 g/mol. The van der Waals surface area contributed by atoms with E-state index in [1.807, 2.05) is 4.68 Å². The highest BCUT2D eigenvalue weighted by atomic mass is 32.2. The summed E-state index contributed by atoms with van der Waals surface area (Å²) >= 11 is 2.18. The van der Waals surface area contributed by atoms with Crippen molar-refractivity contribution in [1.82, 2.24) is 15.1 Å². The van der Waals surface area contributed by atoms with Gasteiger partial charge in [-0.25, -0.2) is 0 Å². The third-order valence-electron chi connectivity index (χ3n) is 4.07. The lowest BCUT2D eigenvalue weighted by atomic mass is 10.1. The van der Waals surface area contributed by atoms with E-state index < -0.39 is 0 Å². The van der Waals surface area contributed by atoms with Gasteiger partial charge in [0.05, 0.1) is 5.69 Å². The summed E-state index contributed by atoms with van der Waals surface area (Å²) in [7, 11) is 2.06. The van der Waals surface area contributed by atoms with Gasteiger partial charge in [0.2, 0.25) is 0 Å². The van der Waals surface area contributed by atoms with E-state index >= 15 is 0 Å². The van der Waals surface area contributed by atoms with Gasteiger partial charge in [-0.2, -0.15) is 16.9 Å². The van der Waals surface area contributed by atoms with Crippen molar-refractivity contribution in [2.24, 2.45) is 7.05 Å². The van der Waals surface area contributed by atoms with E-state index in [-0.39, 0.29) is 0 Å². The average Bonchev–Trinajstić information content (AvgIpc) is 3.03. The molecule has 2 rings (SSSR count). The molecule has 1 aliphatic rings. The standard InChI is InChI=1S/C16H29N3S/c1-4-9-17-14(12-20-16-7-5-6-8-16)11-15-10-13(2)18-19(15)3/h10,14,16-17H,4-9,11-12H2,1-3H3. The highest BCUT2D eigenvalue weighted by Gasteiger charge is 2.18. The maximum Gasteiger partial charge on any atom is 0.0596 e. The fraction of sp³-hybridized carbons (Fsp3) is 0.812. The number of hydrogen-bond donors (Lipinski definition) is 1. The molecule has 3 nitrogen and oxygen atoms in total. The summed E-state index contributed by atoms with van der Waals surface area (Å²) in [4.78, 5) is 0. The fourth-order valence-electron chi connectivity index (χ4n) is 2.95. The molecule has 1 heterocycles. The molecule has 0 spiro atoms. The van der Waals surface area contributed by atoms with Crippen molar-refractivity contribution in [1.29, 1.82) is 0 Å². The first-order valence-corrected chi connectivity index (χ1v) is 9.08. The van der Waals surface area contributed by atoms with Crippen LogP contribution in [0, 0.1) is 6.92 Å². The lowest BCUT2D eigenvalue weighted by molar-refractivity contribution is 0.531. The van der Waals surface area contributed by atoms with Gasteiger partial charge in [-0.3, -0.25) is 4.68 Å². The number of rotatable bonds is 8. The van der Waals surface area contributed by atoms with Gasteiger partial charge in [0.15, 0.2) is 0 Å². The summed E-state index contributed by atoms with van der Waals surface area (Å²) in [6.07, 6.45) is 8.02. The van der Waals surface area contributed by atoms with Gasteiger partial charge in [-0.15, -0.1) is 0 Å². The van der Waals surface area contributed by atoms with E-state index in [2.05, 4.69) is 49.1 Å². The normalized spacial score (nSPS) is 17.8. The van der Waals surface area contributed by atoms with Crippen molar-refractivity contribution >= 4 is 11.8 Å². The summed E-state index contributed by atoms with van der Waals surface area (Å²) in [5.41, 5.74) is 2.48. The molecule has 0 saturated heterocycles. The number of thioether (sulfide) groups is 1. The quantitative estimate of drug-likeness (QED) is 0.798. The molecule has 0 radical (unpaired) electrons. The van der Waals surface area contributed by atoms with E-state index in [0.29, 0.717) is 6.04 Å². The summed E-state index contributed by atoms with van der Waals surface area (Å²) in [5.74, 6) is 1.23. The smallest absolute Gasteiger partial charge is 0.0596 e. The molecule has 114 valence electrons. The van der Waals surface area contributed by atoms with E-state index in [4.69, 9.17) is 0 Å². The first-order chi connectivity index (χ1) is 9.69. The summed E-state index contributed by atoms with van der Waals surface area (Å²) in [6, 6.07) is 2.80. The third kappa shape index (κ3) is 4.81. The van der Waals surface area contributed by atoms with Gasteiger partial charge in [0.1, 0.15) is 0 Å². The monoisotopic (exact) mass is 295 g/mol. The molecule has 1 aromatic rings. The topological polar surface area (TPSA) is 29.9 Å². The molecule has 1 saturated carbocycles. The molecule has 0 bridgehead atoms.